The Hall–Kier alpha value is -2.15. The van der Waals surface area contributed by atoms with E-state index in [1.807, 2.05) is 0 Å². The van der Waals surface area contributed by atoms with Gasteiger partial charge in [0.2, 0.25) is 5.91 Å². The van der Waals surface area contributed by atoms with Crippen molar-refractivity contribution in [1.82, 2.24) is 5.32 Å². The zero-order valence-electron chi connectivity index (χ0n) is 12.3. The van der Waals surface area contributed by atoms with E-state index in [9.17, 15) is 14.0 Å². The number of halogens is 1. The summed E-state index contributed by atoms with van der Waals surface area (Å²) in [6.07, 6.45) is -1.19. The maximum atomic E-state index is 13.9. The zero-order valence-corrected chi connectivity index (χ0v) is 12.3. The summed E-state index contributed by atoms with van der Waals surface area (Å²) in [5.41, 5.74) is 0.242. The average Bonchev–Trinajstić information content (AvgIpc) is 2.96. The summed E-state index contributed by atoms with van der Waals surface area (Å²) in [6, 6.07) is 3.78. The number of nitrogens with one attached hydrogen (secondary N) is 1. The molecule has 1 unspecified atom stereocenters. The fourth-order valence-corrected chi connectivity index (χ4v) is 2.51. The SMILES string of the molecule is COc1cccc(F)c1C(C)NC(=O)[C@@H]1CC[C@H](C(=O)O)O1. The number of benzene rings is 1. The molecule has 1 aromatic rings. The maximum Gasteiger partial charge on any atom is 0.332 e. The molecule has 0 aliphatic carbocycles. The van der Waals surface area contributed by atoms with E-state index in [-0.39, 0.29) is 12.0 Å². The molecule has 1 aliphatic rings. The Bertz CT molecular complexity index is 577. The summed E-state index contributed by atoms with van der Waals surface area (Å²) in [4.78, 5) is 22.9. The van der Waals surface area contributed by atoms with Crippen LogP contribution in [-0.2, 0) is 14.3 Å². The molecule has 120 valence electrons. The highest BCUT2D eigenvalue weighted by Crippen LogP contribution is 2.28. The van der Waals surface area contributed by atoms with E-state index in [1.54, 1.807) is 13.0 Å². The van der Waals surface area contributed by atoms with Gasteiger partial charge in [-0.25, -0.2) is 9.18 Å². The van der Waals surface area contributed by atoms with Gasteiger partial charge >= 0.3 is 5.97 Å². The molecule has 0 bridgehead atoms. The Kier molecular flexibility index (Phi) is 4.97. The van der Waals surface area contributed by atoms with Gasteiger partial charge in [-0.3, -0.25) is 4.79 Å². The Labute approximate surface area is 127 Å². The van der Waals surface area contributed by atoms with Crippen molar-refractivity contribution in [3.8, 4) is 5.75 Å². The number of ether oxygens (including phenoxy) is 2. The lowest BCUT2D eigenvalue weighted by Gasteiger charge is -2.20. The molecular weight excluding hydrogens is 293 g/mol. The van der Waals surface area contributed by atoms with E-state index in [0.29, 0.717) is 12.2 Å². The number of methoxy groups -OCH3 is 1. The molecule has 1 fully saturated rings. The summed E-state index contributed by atoms with van der Waals surface area (Å²) in [7, 11) is 1.42. The van der Waals surface area contributed by atoms with Crippen LogP contribution in [0.25, 0.3) is 0 Å². The van der Waals surface area contributed by atoms with Crippen LogP contribution in [0.4, 0.5) is 4.39 Å². The summed E-state index contributed by atoms with van der Waals surface area (Å²) in [5, 5.41) is 11.5. The quantitative estimate of drug-likeness (QED) is 0.863. The summed E-state index contributed by atoms with van der Waals surface area (Å²) < 4.78 is 24.2. The number of hydrogen-bond donors (Lipinski definition) is 2. The van der Waals surface area contributed by atoms with Crippen molar-refractivity contribution in [3.05, 3.63) is 29.6 Å². The molecule has 3 atom stereocenters. The molecule has 1 heterocycles. The van der Waals surface area contributed by atoms with Crippen LogP contribution in [0.1, 0.15) is 31.4 Å². The third kappa shape index (κ3) is 3.36. The van der Waals surface area contributed by atoms with Gasteiger partial charge in [0, 0.05) is 0 Å². The number of rotatable bonds is 5. The standard InChI is InChI=1S/C15H18FNO5/c1-8(13-9(16)4-3-5-10(13)21-2)17-14(18)11-6-7-12(22-11)15(19)20/h3-5,8,11-12H,6-7H2,1-2H3,(H,17,18)(H,19,20)/t8?,11-,12+/m0/s1. The highest BCUT2D eigenvalue weighted by molar-refractivity contribution is 5.83. The van der Waals surface area contributed by atoms with Crippen LogP contribution < -0.4 is 10.1 Å². The maximum absolute atomic E-state index is 13.9. The van der Waals surface area contributed by atoms with E-state index in [2.05, 4.69) is 5.32 Å². The number of carbonyl (C=O) groups is 2. The second-order valence-corrected chi connectivity index (χ2v) is 5.12. The predicted octanol–water partition coefficient (Wildman–Crippen LogP) is 1.64. The monoisotopic (exact) mass is 311 g/mol. The first-order chi connectivity index (χ1) is 10.4. The second kappa shape index (κ2) is 6.74. The van der Waals surface area contributed by atoms with Crippen LogP contribution in [0.2, 0.25) is 0 Å². The van der Waals surface area contributed by atoms with Gasteiger partial charge in [-0.15, -0.1) is 0 Å². The highest BCUT2D eigenvalue weighted by Gasteiger charge is 2.35. The molecule has 0 spiro atoms. The summed E-state index contributed by atoms with van der Waals surface area (Å²) in [5.74, 6) is -1.69. The molecule has 0 aromatic heterocycles. The van der Waals surface area contributed by atoms with Crippen molar-refractivity contribution in [2.24, 2.45) is 0 Å². The fraction of sp³-hybridized carbons (Fsp3) is 0.467. The number of aliphatic carboxylic acids is 1. The lowest BCUT2D eigenvalue weighted by molar-refractivity contribution is -0.151. The highest BCUT2D eigenvalue weighted by atomic mass is 19.1. The van der Waals surface area contributed by atoms with Gasteiger partial charge in [0.1, 0.15) is 17.7 Å². The lowest BCUT2D eigenvalue weighted by atomic mass is 10.1. The van der Waals surface area contributed by atoms with E-state index < -0.39 is 35.9 Å². The molecule has 7 heteroatoms. The normalized spacial score (nSPS) is 22.1. The van der Waals surface area contributed by atoms with E-state index in [4.69, 9.17) is 14.6 Å². The molecule has 0 saturated carbocycles. The van der Waals surface area contributed by atoms with Crippen molar-refractivity contribution < 1.29 is 28.6 Å². The Morgan fingerprint density at radius 2 is 2.09 bits per heavy atom. The molecule has 1 aromatic carbocycles. The van der Waals surface area contributed by atoms with E-state index >= 15 is 0 Å². The molecule has 1 saturated heterocycles. The van der Waals surface area contributed by atoms with E-state index in [1.165, 1.54) is 19.2 Å². The van der Waals surface area contributed by atoms with Gasteiger partial charge < -0.3 is 19.9 Å². The predicted molar refractivity (Wildman–Crippen MR) is 75.0 cm³/mol. The molecular formula is C15H18FNO5. The molecule has 1 amide bonds. The van der Waals surface area contributed by atoms with Gasteiger partial charge in [0.25, 0.3) is 0 Å². The minimum absolute atomic E-state index is 0.242. The number of carbonyl (C=O) groups excluding carboxylic acids is 1. The van der Waals surface area contributed by atoms with Crippen molar-refractivity contribution >= 4 is 11.9 Å². The minimum atomic E-state index is -1.08. The zero-order chi connectivity index (χ0) is 16.3. The molecule has 22 heavy (non-hydrogen) atoms. The second-order valence-electron chi connectivity index (χ2n) is 5.12. The first kappa shape index (κ1) is 16.2. The van der Waals surface area contributed by atoms with Gasteiger partial charge in [-0.05, 0) is 31.9 Å². The molecule has 6 nitrogen and oxygen atoms in total. The Balaban J connectivity index is 2.05. The summed E-state index contributed by atoms with van der Waals surface area (Å²) >= 11 is 0. The first-order valence-corrected chi connectivity index (χ1v) is 6.95. The molecule has 1 aliphatic heterocycles. The number of hydrogen-bond acceptors (Lipinski definition) is 4. The van der Waals surface area contributed by atoms with Crippen molar-refractivity contribution in [2.75, 3.05) is 7.11 Å². The third-order valence-corrected chi connectivity index (χ3v) is 3.61. The van der Waals surface area contributed by atoms with Crippen LogP contribution in [0.15, 0.2) is 18.2 Å². The van der Waals surface area contributed by atoms with Crippen LogP contribution in [-0.4, -0.2) is 36.3 Å². The van der Waals surface area contributed by atoms with Crippen molar-refractivity contribution in [3.63, 3.8) is 0 Å². The summed E-state index contributed by atoms with van der Waals surface area (Å²) in [6.45, 7) is 1.63. The smallest absolute Gasteiger partial charge is 0.332 e. The van der Waals surface area contributed by atoms with E-state index in [0.717, 1.165) is 0 Å². The van der Waals surface area contributed by atoms with Gasteiger partial charge in [-0.1, -0.05) is 6.07 Å². The van der Waals surface area contributed by atoms with Crippen LogP contribution >= 0.6 is 0 Å². The van der Waals surface area contributed by atoms with Crippen molar-refractivity contribution in [1.29, 1.82) is 0 Å². The number of amides is 1. The largest absolute Gasteiger partial charge is 0.496 e. The van der Waals surface area contributed by atoms with Gasteiger partial charge in [0.15, 0.2) is 6.10 Å². The van der Waals surface area contributed by atoms with Crippen LogP contribution in [0.3, 0.4) is 0 Å². The molecule has 2 N–H and O–H groups in total. The average molecular weight is 311 g/mol. The van der Waals surface area contributed by atoms with Gasteiger partial charge in [-0.2, -0.15) is 0 Å². The van der Waals surface area contributed by atoms with Gasteiger partial charge in [0.05, 0.1) is 18.7 Å². The fourth-order valence-electron chi connectivity index (χ4n) is 2.51. The lowest BCUT2D eigenvalue weighted by Crippen LogP contribution is -2.37. The minimum Gasteiger partial charge on any atom is -0.496 e. The third-order valence-electron chi connectivity index (χ3n) is 3.61. The first-order valence-electron chi connectivity index (χ1n) is 6.95. The molecule has 0 radical (unpaired) electrons. The van der Waals surface area contributed by atoms with Crippen LogP contribution in [0, 0.1) is 5.82 Å². The molecule has 2 rings (SSSR count). The Morgan fingerprint density at radius 3 is 2.68 bits per heavy atom. The number of carboxylic acids is 1. The van der Waals surface area contributed by atoms with Crippen LogP contribution in [0.5, 0.6) is 5.75 Å². The number of carboxylic acid groups (broad SMARTS) is 1. The topological polar surface area (TPSA) is 84.9 Å². The van der Waals surface area contributed by atoms with Crippen molar-refractivity contribution in [2.45, 2.75) is 38.0 Å². The Morgan fingerprint density at radius 1 is 1.41 bits per heavy atom.